The first kappa shape index (κ1) is 11.9. The van der Waals surface area contributed by atoms with E-state index in [0.717, 1.165) is 29.7 Å². The van der Waals surface area contributed by atoms with Crippen molar-refractivity contribution >= 4 is 5.91 Å². The molecule has 0 aliphatic heterocycles. The average molecular weight is 235 g/mol. The van der Waals surface area contributed by atoms with Gasteiger partial charge in [-0.2, -0.15) is 0 Å². The van der Waals surface area contributed by atoms with Gasteiger partial charge < -0.3 is 15.2 Å². The Kier molecular flexibility index (Phi) is 3.33. The molecule has 4 heteroatoms. The van der Waals surface area contributed by atoms with E-state index < -0.39 is 6.10 Å². The summed E-state index contributed by atoms with van der Waals surface area (Å²) >= 11 is 0. The minimum Gasteiger partial charge on any atom is -0.496 e. The van der Waals surface area contributed by atoms with Gasteiger partial charge in [0.15, 0.2) is 0 Å². The summed E-state index contributed by atoms with van der Waals surface area (Å²) in [7, 11) is 1.63. The van der Waals surface area contributed by atoms with Gasteiger partial charge in [-0.05, 0) is 24.5 Å². The molecule has 0 heterocycles. The summed E-state index contributed by atoms with van der Waals surface area (Å²) in [6, 6.07) is 5.43. The topological polar surface area (TPSA) is 58.6 Å². The molecule has 1 aromatic rings. The van der Waals surface area contributed by atoms with Crippen molar-refractivity contribution in [3.05, 3.63) is 29.3 Å². The van der Waals surface area contributed by atoms with Gasteiger partial charge in [0, 0.05) is 12.5 Å². The maximum atomic E-state index is 11.0. The van der Waals surface area contributed by atoms with Crippen LogP contribution in [0.4, 0.5) is 0 Å². The molecule has 92 valence electrons. The smallest absolute Gasteiger partial charge is 0.217 e. The fourth-order valence-corrected chi connectivity index (χ4v) is 2.41. The molecule has 17 heavy (non-hydrogen) atoms. The fourth-order valence-electron chi connectivity index (χ4n) is 2.41. The van der Waals surface area contributed by atoms with Crippen molar-refractivity contribution < 1.29 is 14.6 Å². The lowest BCUT2D eigenvalue weighted by Gasteiger charge is -2.31. The first-order chi connectivity index (χ1) is 8.13. The Labute approximate surface area is 101 Å². The van der Waals surface area contributed by atoms with Crippen LogP contribution in [0, 0.1) is 0 Å². The third-order valence-corrected chi connectivity index (χ3v) is 3.18. The zero-order valence-electron chi connectivity index (χ0n) is 10.1. The molecular weight excluding hydrogens is 218 g/mol. The predicted molar refractivity (Wildman–Crippen MR) is 63.9 cm³/mol. The van der Waals surface area contributed by atoms with Crippen molar-refractivity contribution in [1.29, 1.82) is 0 Å². The van der Waals surface area contributed by atoms with Crippen molar-refractivity contribution in [2.24, 2.45) is 0 Å². The van der Waals surface area contributed by atoms with Crippen molar-refractivity contribution in [1.82, 2.24) is 5.32 Å². The third kappa shape index (κ3) is 2.26. The lowest BCUT2D eigenvalue weighted by Crippen LogP contribution is -2.40. The third-order valence-electron chi connectivity index (χ3n) is 3.18. The fraction of sp³-hybridized carbons (Fsp3) is 0.462. The second-order valence-corrected chi connectivity index (χ2v) is 4.32. The van der Waals surface area contributed by atoms with Gasteiger partial charge in [0.25, 0.3) is 0 Å². The molecule has 2 atom stereocenters. The SMILES string of the molecule is COc1cccc2c1CCC(NC(C)=O)C2O. The molecule has 1 amide bonds. The van der Waals surface area contributed by atoms with E-state index in [2.05, 4.69) is 5.32 Å². The number of fused-ring (bicyclic) bond motifs is 1. The summed E-state index contributed by atoms with van der Waals surface area (Å²) in [6.45, 7) is 1.47. The van der Waals surface area contributed by atoms with Crippen molar-refractivity contribution in [2.45, 2.75) is 31.9 Å². The monoisotopic (exact) mass is 235 g/mol. The van der Waals surface area contributed by atoms with Gasteiger partial charge >= 0.3 is 0 Å². The van der Waals surface area contributed by atoms with Crippen LogP contribution in [0.25, 0.3) is 0 Å². The molecule has 4 nitrogen and oxygen atoms in total. The standard InChI is InChI=1S/C13H17NO3/c1-8(15)14-11-7-6-9-10(13(11)16)4-3-5-12(9)17-2/h3-5,11,13,16H,6-7H2,1-2H3,(H,14,15). The van der Waals surface area contributed by atoms with Crippen LogP contribution in [-0.4, -0.2) is 24.2 Å². The van der Waals surface area contributed by atoms with E-state index in [0.29, 0.717) is 0 Å². The molecule has 1 aliphatic rings. The molecule has 0 spiro atoms. The summed E-state index contributed by atoms with van der Waals surface area (Å²) in [6.07, 6.45) is 0.882. The van der Waals surface area contributed by atoms with Gasteiger partial charge in [-0.15, -0.1) is 0 Å². The summed E-state index contributed by atoms with van der Waals surface area (Å²) in [5.41, 5.74) is 1.90. The first-order valence-electron chi connectivity index (χ1n) is 5.74. The Morgan fingerprint density at radius 2 is 2.29 bits per heavy atom. The molecule has 1 aromatic carbocycles. The number of carbonyl (C=O) groups excluding carboxylic acids is 1. The molecule has 2 unspecified atom stereocenters. The number of benzene rings is 1. The maximum absolute atomic E-state index is 11.0. The highest BCUT2D eigenvalue weighted by molar-refractivity contribution is 5.73. The number of hydrogen-bond donors (Lipinski definition) is 2. The Balaban J connectivity index is 2.29. The van der Waals surface area contributed by atoms with E-state index in [4.69, 9.17) is 4.74 Å². The summed E-state index contributed by atoms with van der Waals surface area (Å²) < 4.78 is 5.28. The van der Waals surface area contributed by atoms with Crippen LogP contribution in [-0.2, 0) is 11.2 Å². The van der Waals surface area contributed by atoms with Crippen molar-refractivity contribution in [3.8, 4) is 5.75 Å². The molecule has 0 aromatic heterocycles. The Morgan fingerprint density at radius 1 is 1.53 bits per heavy atom. The lowest BCUT2D eigenvalue weighted by atomic mass is 9.85. The van der Waals surface area contributed by atoms with Gasteiger partial charge in [-0.1, -0.05) is 12.1 Å². The summed E-state index contributed by atoms with van der Waals surface area (Å²) in [4.78, 5) is 11.0. The van der Waals surface area contributed by atoms with Gasteiger partial charge in [0.2, 0.25) is 5.91 Å². The molecule has 0 fully saturated rings. The van der Waals surface area contributed by atoms with Gasteiger partial charge in [0.1, 0.15) is 5.75 Å². The molecule has 0 radical (unpaired) electrons. The highest BCUT2D eigenvalue weighted by atomic mass is 16.5. The van der Waals surface area contributed by atoms with E-state index in [1.54, 1.807) is 7.11 Å². The number of hydrogen-bond acceptors (Lipinski definition) is 3. The van der Waals surface area contributed by atoms with Crippen LogP contribution in [0.2, 0.25) is 0 Å². The average Bonchev–Trinajstić information content (AvgIpc) is 2.31. The zero-order valence-corrected chi connectivity index (χ0v) is 10.1. The van der Waals surface area contributed by atoms with Crippen molar-refractivity contribution in [3.63, 3.8) is 0 Å². The molecule has 0 bridgehead atoms. The van der Waals surface area contributed by atoms with E-state index in [-0.39, 0.29) is 11.9 Å². The summed E-state index contributed by atoms with van der Waals surface area (Å²) in [5, 5.41) is 13.0. The Morgan fingerprint density at radius 3 is 2.94 bits per heavy atom. The second kappa shape index (κ2) is 4.75. The molecule has 2 N–H and O–H groups in total. The lowest BCUT2D eigenvalue weighted by molar-refractivity contribution is -0.120. The van der Waals surface area contributed by atoms with Crippen LogP contribution in [0.5, 0.6) is 5.75 Å². The first-order valence-corrected chi connectivity index (χ1v) is 5.74. The van der Waals surface area contributed by atoms with Crippen LogP contribution in [0.15, 0.2) is 18.2 Å². The normalized spacial score (nSPS) is 22.8. The maximum Gasteiger partial charge on any atom is 0.217 e. The molecule has 0 saturated carbocycles. The molecule has 1 aliphatic carbocycles. The van der Waals surface area contributed by atoms with Gasteiger partial charge in [-0.25, -0.2) is 0 Å². The van der Waals surface area contributed by atoms with Crippen LogP contribution < -0.4 is 10.1 Å². The molecule has 2 rings (SSSR count). The number of aliphatic hydroxyl groups is 1. The van der Waals surface area contributed by atoms with Gasteiger partial charge in [0.05, 0.1) is 19.3 Å². The molecule has 0 saturated heterocycles. The van der Waals surface area contributed by atoms with Crippen LogP contribution in [0.3, 0.4) is 0 Å². The van der Waals surface area contributed by atoms with E-state index in [1.165, 1.54) is 6.92 Å². The number of ether oxygens (including phenoxy) is 1. The Bertz CT molecular complexity index is 431. The van der Waals surface area contributed by atoms with E-state index in [1.807, 2.05) is 18.2 Å². The van der Waals surface area contributed by atoms with Crippen LogP contribution >= 0.6 is 0 Å². The number of amides is 1. The highest BCUT2D eigenvalue weighted by Gasteiger charge is 2.29. The highest BCUT2D eigenvalue weighted by Crippen LogP contribution is 2.35. The number of nitrogens with one attached hydrogen (secondary N) is 1. The minimum absolute atomic E-state index is 0.111. The molecular formula is C13H17NO3. The Hall–Kier alpha value is -1.55. The van der Waals surface area contributed by atoms with E-state index in [9.17, 15) is 9.90 Å². The number of methoxy groups -OCH3 is 1. The predicted octanol–water partition coefficient (Wildman–Crippen LogP) is 1.18. The van der Waals surface area contributed by atoms with E-state index >= 15 is 0 Å². The number of rotatable bonds is 2. The minimum atomic E-state index is -0.655. The van der Waals surface area contributed by atoms with Crippen LogP contribution in [0.1, 0.15) is 30.6 Å². The zero-order chi connectivity index (χ0) is 12.4. The number of aliphatic hydroxyl groups excluding tert-OH is 1. The summed E-state index contributed by atoms with van der Waals surface area (Å²) in [5.74, 6) is 0.697. The number of carbonyl (C=O) groups is 1. The largest absolute Gasteiger partial charge is 0.496 e. The van der Waals surface area contributed by atoms with Crippen molar-refractivity contribution in [2.75, 3.05) is 7.11 Å². The second-order valence-electron chi connectivity index (χ2n) is 4.32. The van der Waals surface area contributed by atoms with Gasteiger partial charge in [-0.3, -0.25) is 4.79 Å². The quantitative estimate of drug-likeness (QED) is 0.809.